The zero-order valence-corrected chi connectivity index (χ0v) is 31.0. The van der Waals surface area contributed by atoms with E-state index in [1.807, 2.05) is 12.2 Å². The summed E-state index contributed by atoms with van der Waals surface area (Å²) in [5, 5.41) is 22.8. The smallest absolute Gasteiger partial charge is 0.220 e. The van der Waals surface area contributed by atoms with Crippen LogP contribution in [0.5, 0.6) is 0 Å². The molecule has 0 heterocycles. The average Bonchev–Trinajstić information content (AvgIpc) is 3.09. The molecule has 0 aromatic rings. The molecule has 0 saturated carbocycles. The van der Waals surface area contributed by atoms with E-state index in [4.69, 9.17) is 0 Å². The topological polar surface area (TPSA) is 69.6 Å². The number of aliphatic hydroxyl groups excluding tert-OH is 2. The molecule has 3 N–H and O–H groups in total. The predicted octanol–water partition coefficient (Wildman–Crippen LogP) is 11.9. The van der Waals surface area contributed by atoms with Gasteiger partial charge in [0.25, 0.3) is 0 Å². The van der Waals surface area contributed by atoms with Crippen LogP contribution >= 0.6 is 0 Å². The van der Waals surface area contributed by atoms with E-state index >= 15 is 0 Å². The summed E-state index contributed by atoms with van der Waals surface area (Å²) >= 11 is 0. The number of aliphatic hydroxyl groups is 2. The van der Waals surface area contributed by atoms with Gasteiger partial charge in [-0.05, 0) is 70.6 Å². The summed E-state index contributed by atoms with van der Waals surface area (Å²) in [6.45, 7) is 4.13. The van der Waals surface area contributed by atoms with Gasteiger partial charge in [-0.1, -0.05) is 175 Å². The fraction of sp³-hybridized carbons (Fsp3) is 0.614. The standard InChI is InChI=1S/C44H73NO3/c1-3-5-7-9-11-13-15-17-19-21-22-24-26-28-30-32-34-36-38-40-44(48)45-42(41-46)43(47)39-37-35-33-31-29-27-25-23-20-18-16-14-12-10-8-6-4-2/h5,7,11,13,17,19,22,24,28-31,34,36-37,39,42-43,46-47H,3-4,6,8-10,12,14-16,18,20-21,23,25-27,32-33,35,38,40-41H2,1-2H3,(H,45,48)/b7-5-,13-11-,19-17-,24-22-,30-28-,31-29+,36-34-,39-37+. The SMILES string of the molecule is CC/C=C\C/C=C\C/C=C\C/C=C\C/C=C\C/C=C\CCC(=O)NC(CO)C(O)/C=C/CC/C=C/CCCCCCCCCCCCC. The molecule has 0 aliphatic heterocycles. The van der Waals surface area contributed by atoms with Crippen LogP contribution in [0.3, 0.4) is 0 Å². The van der Waals surface area contributed by atoms with Crippen LogP contribution in [0.2, 0.25) is 0 Å². The molecule has 0 radical (unpaired) electrons. The molecule has 1 amide bonds. The van der Waals surface area contributed by atoms with Crippen LogP contribution in [0.4, 0.5) is 0 Å². The number of carbonyl (C=O) groups excluding carboxylic acids is 1. The van der Waals surface area contributed by atoms with Crippen molar-refractivity contribution in [3.8, 4) is 0 Å². The van der Waals surface area contributed by atoms with Crippen molar-refractivity contribution < 1.29 is 15.0 Å². The first-order valence-corrected chi connectivity index (χ1v) is 19.5. The molecule has 0 fully saturated rings. The number of unbranched alkanes of at least 4 members (excludes halogenated alkanes) is 12. The summed E-state index contributed by atoms with van der Waals surface area (Å²) in [6, 6.07) is -0.685. The maximum atomic E-state index is 12.3. The van der Waals surface area contributed by atoms with E-state index in [1.54, 1.807) is 6.08 Å². The summed E-state index contributed by atoms with van der Waals surface area (Å²) < 4.78 is 0. The first-order valence-electron chi connectivity index (χ1n) is 19.5. The zero-order chi connectivity index (χ0) is 35.0. The summed E-state index contributed by atoms with van der Waals surface area (Å²) in [7, 11) is 0. The highest BCUT2D eigenvalue weighted by atomic mass is 16.3. The van der Waals surface area contributed by atoms with Crippen LogP contribution < -0.4 is 5.32 Å². The fourth-order valence-corrected chi connectivity index (χ4v) is 5.10. The number of nitrogens with one attached hydrogen (secondary N) is 1. The van der Waals surface area contributed by atoms with E-state index in [-0.39, 0.29) is 12.5 Å². The van der Waals surface area contributed by atoms with E-state index in [0.717, 1.165) is 57.8 Å². The van der Waals surface area contributed by atoms with Crippen molar-refractivity contribution in [1.82, 2.24) is 5.32 Å². The normalized spacial score (nSPS) is 14.2. The molecule has 0 bridgehead atoms. The zero-order valence-electron chi connectivity index (χ0n) is 31.0. The molecule has 2 atom stereocenters. The highest BCUT2D eigenvalue weighted by Gasteiger charge is 2.17. The quantitative estimate of drug-likeness (QED) is 0.0483. The largest absolute Gasteiger partial charge is 0.394 e. The Bertz CT molecular complexity index is 937. The van der Waals surface area contributed by atoms with Gasteiger partial charge in [0.05, 0.1) is 18.8 Å². The highest BCUT2D eigenvalue weighted by Crippen LogP contribution is 2.12. The monoisotopic (exact) mass is 664 g/mol. The number of amides is 1. The number of hydrogen-bond donors (Lipinski definition) is 3. The maximum absolute atomic E-state index is 12.3. The van der Waals surface area contributed by atoms with E-state index in [0.29, 0.717) is 12.8 Å². The third-order valence-electron chi connectivity index (χ3n) is 8.06. The summed E-state index contributed by atoms with van der Waals surface area (Å²) in [4.78, 5) is 12.3. The van der Waals surface area contributed by atoms with Gasteiger partial charge >= 0.3 is 0 Å². The van der Waals surface area contributed by atoms with Gasteiger partial charge in [0.15, 0.2) is 0 Å². The van der Waals surface area contributed by atoms with Gasteiger partial charge < -0.3 is 15.5 Å². The molecule has 48 heavy (non-hydrogen) atoms. The van der Waals surface area contributed by atoms with Crippen LogP contribution in [0, 0.1) is 0 Å². The molecule has 4 heteroatoms. The lowest BCUT2D eigenvalue weighted by Crippen LogP contribution is -2.45. The first kappa shape index (κ1) is 45.3. The molecule has 0 rings (SSSR count). The molecule has 2 unspecified atom stereocenters. The highest BCUT2D eigenvalue weighted by molar-refractivity contribution is 5.76. The molecule has 0 spiro atoms. The van der Waals surface area contributed by atoms with Gasteiger partial charge in [-0.3, -0.25) is 4.79 Å². The minimum absolute atomic E-state index is 0.161. The first-order chi connectivity index (χ1) is 23.7. The van der Waals surface area contributed by atoms with Gasteiger partial charge in [0.1, 0.15) is 0 Å². The van der Waals surface area contributed by atoms with Crippen LogP contribution in [0.15, 0.2) is 97.2 Å². The second-order valence-corrected chi connectivity index (χ2v) is 12.6. The Hall–Kier alpha value is -2.69. The molecule has 0 aromatic heterocycles. The number of rotatable bonds is 33. The van der Waals surface area contributed by atoms with Crippen LogP contribution in [-0.2, 0) is 4.79 Å². The molecular weight excluding hydrogens is 590 g/mol. The maximum Gasteiger partial charge on any atom is 0.220 e. The van der Waals surface area contributed by atoms with Crippen molar-refractivity contribution in [3.63, 3.8) is 0 Å². The van der Waals surface area contributed by atoms with Crippen LogP contribution in [0.1, 0.15) is 155 Å². The summed E-state index contributed by atoms with van der Waals surface area (Å²) in [5.41, 5.74) is 0. The predicted molar refractivity (Wildman–Crippen MR) is 211 cm³/mol. The molecule has 0 aliphatic rings. The Morgan fingerprint density at radius 1 is 0.521 bits per heavy atom. The molecule has 0 aromatic carbocycles. The lowest BCUT2D eigenvalue weighted by molar-refractivity contribution is -0.122. The molecule has 0 aliphatic carbocycles. The number of allylic oxidation sites excluding steroid dienone is 15. The van der Waals surface area contributed by atoms with Crippen molar-refractivity contribution in [3.05, 3.63) is 97.2 Å². The van der Waals surface area contributed by atoms with Crippen molar-refractivity contribution in [2.24, 2.45) is 0 Å². The fourth-order valence-electron chi connectivity index (χ4n) is 5.10. The second kappa shape index (κ2) is 38.8. The molecule has 272 valence electrons. The van der Waals surface area contributed by atoms with Crippen molar-refractivity contribution in [2.75, 3.05) is 6.61 Å². The van der Waals surface area contributed by atoms with E-state index < -0.39 is 12.1 Å². The Kier molecular flexibility index (Phi) is 36.6. The van der Waals surface area contributed by atoms with Crippen molar-refractivity contribution >= 4 is 5.91 Å². The Morgan fingerprint density at radius 3 is 1.44 bits per heavy atom. The third-order valence-corrected chi connectivity index (χ3v) is 8.06. The van der Waals surface area contributed by atoms with Gasteiger partial charge in [0.2, 0.25) is 5.91 Å². The van der Waals surface area contributed by atoms with Gasteiger partial charge in [-0.25, -0.2) is 0 Å². The van der Waals surface area contributed by atoms with Gasteiger partial charge in [0, 0.05) is 6.42 Å². The lowest BCUT2D eigenvalue weighted by Gasteiger charge is -2.19. The number of carbonyl (C=O) groups is 1. The van der Waals surface area contributed by atoms with Crippen LogP contribution in [0.25, 0.3) is 0 Å². The molecule has 4 nitrogen and oxygen atoms in total. The average molecular weight is 664 g/mol. The van der Waals surface area contributed by atoms with Crippen LogP contribution in [-0.4, -0.2) is 34.9 Å². The summed E-state index contributed by atoms with van der Waals surface area (Å²) in [6.07, 6.45) is 57.9. The Labute approximate surface area is 296 Å². The minimum Gasteiger partial charge on any atom is -0.394 e. The minimum atomic E-state index is -0.898. The molecular formula is C44H73NO3. The van der Waals surface area contributed by atoms with Crippen molar-refractivity contribution in [2.45, 2.75) is 167 Å². The Morgan fingerprint density at radius 2 is 0.938 bits per heavy atom. The van der Waals surface area contributed by atoms with Crippen molar-refractivity contribution in [1.29, 1.82) is 0 Å². The van der Waals surface area contributed by atoms with Gasteiger partial charge in [-0.15, -0.1) is 0 Å². The lowest BCUT2D eigenvalue weighted by atomic mass is 10.1. The third kappa shape index (κ3) is 34.6. The molecule has 0 saturated heterocycles. The summed E-state index contributed by atoms with van der Waals surface area (Å²) in [5.74, 6) is -0.161. The van der Waals surface area contributed by atoms with E-state index in [9.17, 15) is 15.0 Å². The van der Waals surface area contributed by atoms with E-state index in [2.05, 4.69) is 98.2 Å². The number of hydrogen-bond acceptors (Lipinski definition) is 3. The van der Waals surface area contributed by atoms with E-state index in [1.165, 1.54) is 70.6 Å². The second-order valence-electron chi connectivity index (χ2n) is 12.6. The van der Waals surface area contributed by atoms with Gasteiger partial charge in [-0.2, -0.15) is 0 Å². The Balaban J connectivity index is 3.84.